The standard InChI is InChI=1S/C6H6N2O4/c9-5-2-6(10)4(8-12)1-3(5)7-11/h1-2,7,9-11H. The Labute approximate surface area is 67.0 Å². The molecule has 0 aliphatic rings. The summed E-state index contributed by atoms with van der Waals surface area (Å²) in [6, 6.07) is 1.91. The lowest BCUT2D eigenvalue weighted by molar-refractivity contribution is 0.380. The largest absolute Gasteiger partial charge is 0.506 e. The molecule has 0 amide bonds. The number of nitroso groups, excluding NO2 is 1. The summed E-state index contributed by atoms with van der Waals surface area (Å²) in [5.74, 6) is -0.816. The van der Waals surface area contributed by atoms with Crippen molar-refractivity contribution in [2.24, 2.45) is 5.18 Å². The first-order chi connectivity index (χ1) is 5.69. The van der Waals surface area contributed by atoms with Crippen LogP contribution in [0.1, 0.15) is 0 Å². The Hall–Kier alpha value is -1.82. The molecule has 12 heavy (non-hydrogen) atoms. The molecule has 4 N–H and O–H groups in total. The van der Waals surface area contributed by atoms with Gasteiger partial charge in [0.2, 0.25) is 0 Å². The van der Waals surface area contributed by atoms with Crippen molar-refractivity contribution in [1.29, 1.82) is 0 Å². The zero-order chi connectivity index (χ0) is 9.14. The Morgan fingerprint density at radius 3 is 2.42 bits per heavy atom. The molecule has 0 unspecified atom stereocenters. The highest BCUT2D eigenvalue weighted by Crippen LogP contribution is 2.35. The topological polar surface area (TPSA) is 102 Å². The van der Waals surface area contributed by atoms with Crippen LogP contribution in [0.5, 0.6) is 11.5 Å². The number of hydrogen-bond donors (Lipinski definition) is 4. The van der Waals surface area contributed by atoms with E-state index in [-0.39, 0.29) is 17.1 Å². The summed E-state index contributed by atoms with van der Waals surface area (Å²) in [5.41, 5.74) is 1.28. The maximum absolute atomic E-state index is 10.0. The SMILES string of the molecule is O=Nc1cc(NO)c(O)cc1O. The first-order valence-electron chi connectivity index (χ1n) is 2.98. The van der Waals surface area contributed by atoms with Crippen LogP contribution in [0.2, 0.25) is 0 Å². The van der Waals surface area contributed by atoms with Crippen LogP contribution in [-0.4, -0.2) is 15.4 Å². The van der Waals surface area contributed by atoms with Gasteiger partial charge in [-0.3, -0.25) is 10.7 Å². The molecular weight excluding hydrogens is 164 g/mol. The number of benzene rings is 1. The van der Waals surface area contributed by atoms with Crippen molar-refractivity contribution in [3.05, 3.63) is 17.0 Å². The maximum atomic E-state index is 10.0. The number of rotatable bonds is 2. The molecule has 1 aromatic carbocycles. The minimum Gasteiger partial charge on any atom is -0.506 e. The summed E-state index contributed by atoms with van der Waals surface area (Å²) in [6.07, 6.45) is 0. The second kappa shape index (κ2) is 3.05. The van der Waals surface area contributed by atoms with Crippen LogP contribution < -0.4 is 5.48 Å². The van der Waals surface area contributed by atoms with E-state index in [1.807, 2.05) is 0 Å². The van der Waals surface area contributed by atoms with Crippen molar-refractivity contribution in [2.45, 2.75) is 0 Å². The quantitative estimate of drug-likeness (QED) is 0.232. The molecule has 0 bridgehead atoms. The molecule has 0 saturated heterocycles. The van der Waals surface area contributed by atoms with Gasteiger partial charge in [-0.25, -0.2) is 0 Å². The van der Waals surface area contributed by atoms with Crippen LogP contribution in [0.3, 0.4) is 0 Å². The molecule has 0 heterocycles. The molecule has 1 rings (SSSR count). The van der Waals surface area contributed by atoms with E-state index in [9.17, 15) is 4.91 Å². The Morgan fingerprint density at radius 2 is 1.92 bits per heavy atom. The Bertz CT molecular complexity index is 313. The smallest absolute Gasteiger partial charge is 0.152 e. The van der Waals surface area contributed by atoms with Crippen LogP contribution >= 0.6 is 0 Å². The van der Waals surface area contributed by atoms with E-state index in [0.717, 1.165) is 12.1 Å². The molecule has 6 nitrogen and oxygen atoms in total. The summed E-state index contributed by atoms with van der Waals surface area (Å²) in [7, 11) is 0. The third-order valence-electron chi connectivity index (χ3n) is 1.31. The summed E-state index contributed by atoms with van der Waals surface area (Å²) < 4.78 is 0. The Kier molecular flexibility index (Phi) is 2.11. The van der Waals surface area contributed by atoms with Gasteiger partial charge in [-0.05, 0) is 5.18 Å². The van der Waals surface area contributed by atoms with Gasteiger partial charge in [0.1, 0.15) is 17.2 Å². The maximum Gasteiger partial charge on any atom is 0.152 e. The van der Waals surface area contributed by atoms with Crippen LogP contribution in [-0.2, 0) is 0 Å². The minimum atomic E-state index is -0.443. The van der Waals surface area contributed by atoms with Crippen molar-refractivity contribution in [3.63, 3.8) is 0 Å². The first kappa shape index (κ1) is 8.28. The number of nitrogens with one attached hydrogen (secondary N) is 1. The molecule has 0 radical (unpaired) electrons. The fraction of sp³-hybridized carbons (Fsp3) is 0. The van der Waals surface area contributed by atoms with Crippen LogP contribution in [0, 0.1) is 4.91 Å². The molecule has 0 aliphatic carbocycles. The minimum absolute atomic E-state index is 0.0950. The fourth-order valence-corrected chi connectivity index (χ4v) is 0.728. The lowest BCUT2D eigenvalue weighted by atomic mass is 10.2. The number of hydrogen-bond acceptors (Lipinski definition) is 6. The van der Waals surface area contributed by atoms with E-state index in [1.54, 1.807) is 5.48 Å². The average Bonchev–Trinajstić information content (AvgIpc) is 2.05. The molecule has 0 fully saturated rings. The van der Waals surface area contributed by atoms with Crippen molar-refractivity contribution in [2.75, 3.05) is 5.48 Å². The van der Waals surface area contributed by atoms with E-state index in [1.165, 1.54) is 0 Å². The highest BCUT2D eigenvalue weighted by Gasteiger charge is 2.07. The van der Waals surface area contributed by atoms with Crippen LogP contribution in [0.15, 0.2) is 17.3 Å². The molecule has 1 aromatic rings. The van der Waals surface area contributed by atoms with Gasteiger partial charge < -0.3 is 10.2 Å². The van der Waals surface area contributed by atoms with Gasteiger partial charge in [0.25, 0.3) is 0 Å². The van der Waals surface area contributed by atoms with E-state index >= 15 is 0 Å². The highest BCUT2D eigenvalue weighted by molar-refractivity contribution is 5.67. The summed E-state index contributed by atoms with van der Waals surface area (Å²) >= 11 is 0. The van der Waals surface area contributed by atoms with Gasteiger partial charge in [0, 0.05) is 12.1 Å². The Balaban J connectivity index is 3.26. The molecular formula is C6H6N2O4. The molecule has 0 spiro atoms. The number of anilines is 1. The molecule has 6 heteroatoms. The Morgan fingerprint density at radius 1 is 1.25 bits per heavy atom. The van der Waals surface area contributed by atoms with Crippen molar-refractivity contribution in [1.82, 2.24) is 0 Å². The molecule has 0 saturated carbocycles. The van der Waals surface area contributed by atoms with E-state index < -0.39 is 5.75 Å². The monoisotopic (exact) mass is 170 g/mol. The van der Waals surface area contributed by atoms with Gasteiger partial charge >= 0.3 is 0 Å². The number of nitrogens with zero attached hydrogens (tertiary/aromatic N) is 1. The molecule has 0 aromatic heterocycles. The number of aromatic hydroxyl groups is 2. The van der Waals surface area contributed by atoms with Gasteiger partial charge in [-0.1, -0.05) is 0 Å². The van der Waals surface area contributed by atoms with Crippen LogP contribution in [0.4, 0.5) is 11.4 Å². The first-order valence-corrected chi connectivity index (χ1v) is 2.98. The third kappa shape index (κ3) is 1.28. The van der Waals surface area contributed by atoms with E-state index in [2.05, 4.69) is 5.18 Å². The highest BCUT2D eigenvalue weighted by atomic mass is 16.5. The number of phenols is 2. The van der Waals surface area contributed by atoms with Crippen molar-refractivity contribution >= 4 is 11.4 Å². The third-order valence-corrected chi connectivity index (χ3v) is 1.31. The van der Waals surface area contributed by atoms with E-state index in [0.29, 0.717) is 0 Å². The molecule has 0 aliphatic heterocycles. The average molecular weight is 170 g/mol. The zero-order valence-electron chi connectivity index (χ0n) is 5.85. The normalized spacial score (nSPS) is 9.42. The second-order valence-corrected chi connectivity index (χ2v) is 2.06. The second-order valence-electron chi connectivity index (χ2n) is 2.06. The predicted octanol–water partition coefficient (Wildman–Crippen LogP) is 1.30. The van der Waals surface area contributed by atoms with E-state index in [4.69, 9.17) is 15.4 Å². The summed E-state index contributed by atoms with van der Waals surface area (Å²) in [4.78, 5) is 10.0. The zero-order valence-corrected chi connectivity index (χ0v) is 5.85. The van der Waals surface area contributed by atoms with Crippen molar-refractivity contribution < 1.29 is 15.4 Å². The predicted molar refractivity (Wildman–Crippen MR) is 40.6 cm³/mol. The summed E-state index contributed by atoms with van der Waals surface area (Å²) in [6.45, 7) is 0. The fourth-order valence-electron chi connectivity index (χ4n) is 0.728. The van der Waals surface area contributed by atoms with Gasteiger partial charge in [0.05, 0.1) is 0 Å². The number of phenolic OH excluding ortho intramolecular Hbond substituents is 2. The van der Waals surface area contributed by atoms with Gasteiger partial charge in [0.15, 0.2) is 5.69 Å². The molecule has 0 atom stereocenters. The van der Waals surface area contributed by atoms with Gasteiger partial charge in [-0.15, -0.1) is 4.91 Å². The molecule has 64 valence electrons. The lowest BCUT2D eigenvalue weighted by Crippen LogP contribution is -1.88. The van der Waals surface area contributed by atoms with Crippen LogP contribution in [0.25, 0.3) is 0 Å². The van der Waals surface area contributed by atoms with Crippen molar-refractivity contribution in [3.8, 4) is 11.5 Å². The summed E-state index contributed by atoms with van der Waals surface area (Å²) in [5, 5.41) is 28.8. The lowest BCUT2D eigenvalue weighted by Gasteiger charge is -2.03. The van der Waals surface area contributed by atoms with Gasteiger partial charge in [-0.2, -0.15) is 0 Å².